The van der Waals surface area contributed by atoms with Gasteiger partial charge >= 0.3 is 0 Å². The summed E-state index contributed by atoms with van der Waals surface area (Å²) in [5, 5.41) is 3.02. The van der Waals surface area contributed by atoms with E-state index in [0.29, 0.717) is 49.5 Å². The second-order valence-corrected chi connectivity index (χ2v) is 7.31. The van der Waals surface area contributed by atoms with Crippen LogP contribution in [0.1, 0.15) is 45.7 Å². The molecule has 3 heterocycles. The molecule has 0 bridgehead atoms. The number of hydrogen-bond donors (Lipinski definition) is 1. The zero-order valence-corrected chi connectivity index (χ0v) is 16.1. The first-order valence-electron chi connectivity index (χ1n) is 9.77. The van der Waals surface area contributed by atoms with Crippen molar-refractivity contribution in [2.24, 2.45) is 0 Å². The summed E-state index contributed by atoms with van der Waals surface area (Å²) in [7, 11) is 0. The Morgan fingerprint density at radius 2 is 1.83 bits per heavy atom. The third-order valence-corrected chi connectivity index (χ3v) is 5.48. The van der Waals surface area contributed by atoms with E-state index in [-0.39, 0.29) is 30.2 Å². The third kappa shape index (κ3) is 3.81. The average molecular weight is 393 g/mol. The van der Waals surface area contributed by atoms with E-state index in [1.807, 2.05) is 18.2 Å². The lowest BCUT2D eigenvalue weighted by atomic mass is 10.0. The molecule has 1 N–H and O–H groups in total. The molecule has 7 nitrogen and oxygen atoms in total. The lowest BCUT2D eigenvalue weighted by Gasteiger charge is -2.32. The van der Waals surface area contributed by atoms with Crippen molar-refractivity contribution in [2.45, 2.75) is 25.3 Å². The molecule has 150 valence electrons. The van der Waals surface area contributed by atoms with Gasteiger partial charge in [0, 0.05) is 48.9 Å². The molecule has 0 saturated carbocycles. The van der Waals surface area contributed by atoms with Gasteiger partial charge in [-0.1, -0.05) is 24.8 Å². The molecule has 2 aliphatic rings. The molecule has 0 atom stereocenters. The lowest BCUT2D eigenvalue weighted by molar-refractivity contribution is -0.122. The van der Waals surface area contributed by atoms with Crippen LogP contribution in [0.3, 0.4) is 0 Å². The van der Waals surface area contributed by atoms with Crippen molar-refractivity contribution < 1.29 is 18.8 Å². The first-order valence-corrected chi connectivity index (χ1v) is 9.77. The van der Waals surface area contributed by atoms with Crippen LogP contribution in [0.2, 0.25) is 0 Å². The van der Waals surface area contributed by atoms with Crippen molar-refractivity contribution in [3.8, 4) is 0 Å². The molecule has 0 spiro atoms. The van der Waals surface area contributed by atoms with Crippen molar-refractivity contribution in [3.63, 3.8) is 0 Å². The summed E-state index contributed by atoms with van der Waals surface area (Å²) < 4.78 is 5.16. The van der Waals surface area contributed by atoms with E-state index in [1.54, 1.807) is 28.0 Å². The molecule has 7 heteroatoms. The van der Waals surface area contributed by atoms with E-state index in [4.69, 9.17) is 4.42 Å². The van der Waals surface area contributed by atoms with E-state index in [9.17, 15) is 14.4 Å². The molecule has 1 fully saturated rings. The van der Waals surface area contributed by atoms with Crippen LogP contribution in [0.25, 0.3) is 5.70 Å². The van der Waals surface area contributed by atoms with Crippen LogP contribution in [0, 0.1) is 0 Å². The summed E-state index contributed by atoms with van der Waals surface area (Å²) in [6.07, 6.45) is 3.08. The van der Waals surface area contributed by atoms with Crippen molar-refractivity contribution in [1.29, 1.82) is 0 Å². The monoisotopic (exact) mass is 393 g/mol. The number of nitrogens with zero attached hydrogens (tertiary/aromatic N) is 2. The first kappa shape index (κ1) is 19.0. The molecule has 3 amide bonds. The highest BCUT2D eigenvalue weighted by molar-refractivity contribution is 6.08. The summed E-state index contributed by atoms with van der Waals surface area (Å²) in [6, 6.07) is 10.7. The second-order valence-electron chi connectivity index (χ2n) is 7.31. The van der Waals surface area contributed by atoms with Crippen molar-refractivity contribution in [2.75, 3.05) is 19.6 Å². The van der Waals surface area contributed by atoms with Crippen LogP contribution < -0.4 is 5.32 Å². The highest BCUT2D eigenvalue weighted by Gasteiger charge is 2.31. The Kier molecular flexibility index (Phi) is 5.20. The standard InChI is InChI=1S/C22H23N3O4/c1-15-17-5-2-3-6-18(17)21(27)25(15)13-10-20(26)23-16-8-11-24(12-9-16)22(28)19-7-4-14-29-19/h2-7,14,16H,1,8-13H2,(H,23,26). The summed E-state index contributed by atoms with van der Waals surface area (Å²) in [6.45, 7) is 5.44. The number of likely N-dealkylation sites (tertiary alicyclic amines) is 1. The van der Waals surface area contributed by atoms with Crippen LogP contribution in [0.5, 0.6) is 0 Å². The molecule has 2 aliphatic heterocycles. The van der Waals surface area contributed by atoms with Gasteiger partial charge in [-0.2, -0.15) is 0 Å². The van der Waals surface area contributed by atoms with Crippen molar-refractivity contribution in [1.82, 2.24) is 15.1 Å². The van der Waals surface area contributed by atoms with Gasteiger partial charge in [-0.15, -0.1) is 0 Å². The van der Waals surface area contributed by atoms with Crippen LogP contribution in [0.15, 0.2) is 53.7 Å². The molecule has 29 heavy (non-hydrogen) atoms. The Hall–Kier alpha value is -3.35. The number of nitrogens with one attached hydrogen (secondary N) is 1. The second kappa shape index (κ2) is 7.95. The van der Waals surface area contributed by atoms with Gasteiger partial charge in [-0.3, -0.25) is 14.4 Å². The van der Waals surface area contributed by atoms with Crippen LogP contribution in [-0.2, 0) is 4.79 Å². The van der Waals surface area contributed by atoms with Crippen molar-refractivity contribution in [3.05, 3.63) is 66.1 Å². The minimum atomic E-state index is -0.120. The van der Waals surface area contributed by atoms with E-state index in [0.717, 1.165) is 5.56 Å². The number of piperidine rings is 1. The number of carbonyl (C=O) groups excluding carboxylic acids is 3. The molecule has 4 rings (SSSR count). The average Bonchev–Trinajstić information content (AvgIpc) is 3.35. The van der Waals surface area contributed by atoms with Gasteiger partial charge in [0.05, 0.1) is 6.26 Å². The van der Waals surface area contributed by atoms with Gasteiger partial charge in [0.25, 0.3) is 11.8 Å². The van der Waals surface area contributed by atoms with Gasteiger partial charge in [-0.25, -0.2) is 0 Å². The fraction of sp³-hybridized carbons (Fsp3) is 0.318. The number of hydrogen-bond acceptors (Lipinski definition) is 4. The van der Waals surface area contributed by atoms with Gasteiger partial charge in [-0.05, 0) is 31.0 Å². The van der Waals surface area contributed by atoms with Crippen molar-refractivity contribution >= 4 is 23.4 Å². The largest absolute Gasteiger partial charge is 0.459 e. The molecular formula is C22H23N3O4. The summed E-state index contributed by atoms with van der Waals surface area (Å²) in [4.78, 5) is 40.5. The SMILES string of the molecule is C=C1c2ccccc2C(=O)N1CCC(=O)NC1CCN(C(=O)c2ccco2)CC1. The Morgan fingerprint density at radius 1 is 1.10 bits per heavy atom. The van der Waals surface area contributed by atoms with Crippen LogP contribution in [-0.4, -0.2) is 53.2 Å². The summed E-state index contributed by atoms with van der Waals surface area (Å²) >= 11 is 0. The van der Waals surface area contributed by atoms with Crippen LogP contribution in [0.4, 0.5) is 0 Å². The number of amides is 3. The topological polar surface area (TPSA) is 82.9 Å². The smallest absolute Gasteiger partial charge is 0.289 e. The number of rotatable bonds is 5. The van der Waals surface area contributed by atoms with Gasteiger partial charge in [0.15, 0.2) is 5.76 Å². The third-order valence-electron chi connectivity index (χ3n) is 5.48. The molecular weight excluding hydrogens is 370 g/mol. The highest BCUT2D eigenvalue weighted by atomic mass is 16.3. The van der Waals surface area contributed by atoms with E-state index < -0.39 is 0 Å². The number of furan rings is 1. The van der Waals surface area contributed by atoms with Gasteiger partial charge in [0.1, 0.15) is 0 Å². The predicted octanol–water partition coefficient (Wildman–Crippen LogP) is 2.52. The van der Waals surface area contributed by atoms with Gasteiger partial charge in [0.2, 0.25) is 5.91 Å². The maximum absolute atomic E-state index is 12.5. The lowest BCUT2D eigenvalue weighted by Crippen LogP contribution is -2.46. The molecule has 1 saturated heterocycles. The Balaban J connectivity index is 1.24. The number of carbonyl (C=O) groups is 3. The quantitative estimate of drug-likeness (QED) is 0.846. The van der Waals surface area contributed by atoms with Crippen LogP contribution >= 0.6 is 0 Å². The van der Waals surface area contributed by atoms with E-state index in [2.05, 4.69) is 11.9 Å². The van der Waals surface area contributed by atoms with Gasteiger partial charge < -0.3 is 19.5 Å². The Labute approximate surface area is 169 Å². The molecule has 1 aromatic carbocycles. The molecule has 0 unspecified atom stereocenters. The maximum atomic E-state index is 12.5. The molecule has 0 radical (unpaired) electrons. The fourth-order valence-corrected chi connectivity index (χ4v) is 3.87. The number of benzene rings is 1. The van der Waals surface area contributed by atoms with E-state index in [1.165, 1.54) is 6.26 Å². The molecule has 0 aliphatic carbocycles. The normalized spacial score (nSPS) is 16.8. The minimum Gasteiger partial charge on any atom is -0.459 e. The van der Waals surface area contributed by atoms with E-state index >= 15 is 0 Å². The highest BCUT2D eigenvalue weighted by Crippen LogP contribution is 2.31. The first-order chi connectivity index (χ1) is 14.0. The predicted molar refractivity (Wildman–Crippen MR) is 107 cm³/mol. The molecule has 1 aromatic heterocycles. The minimum absolute atomic E-state index is 0.0258. The zero-order valence-electron chi connectivity index (χ0n) is 16.1. The molecule has 2 aromatic rings. The Bertz CT molecular complexity index is 908. The number of fused-ring (bicyclic) bond motifs is 1. The Morgan fingerprint density at radius 3 is 2.48 bits per heavy atom. The fourth-order valence-electron chi connectivity index (χ4n) is 3.87. The summed E-state index contributed by atoms with van der Waals surface area (Å²) in [5.74, 6) is 0.00917. The summed E-state index contributed by atoms with van der Waals surface area (Å²) in [5.41, 5.74) is 2.10. The maximum Gasteiger partial charge on any atom is 0.289 e. The zero-order chi connectivity index (χ0) is 20.4.